The summed E-state index contributed by atoms with van der Waals surface area (Å²) in [5.74, 6) is 0.204. The van der Waals surface area contributed by atoms with Crippen LogP contribution in [0.4, 0.5) is 10.2 Å². The van der Waals surface area contributed by atoms with Crippen molar-refractivity contribution in [3.63, 3.8) is 0 Å². The Labute approximate surface area is 93.1 Å². The fourth-order valence-corrected chi connectivity index (χ4v) is 1.47. The number of benzene rings is 1. The third-order valence-corrected chi connectivity index (χ3v) is 2.30. The molecule has 0 amide bonds. The van der Waals surface area contributed by atoms with Crippen LogP contribution in [-0.2, 0) is 12.8 Å². The van der Waals surface area contributed by atoms with Gasteiger partial charge in [0.15, 0.2) is 0 Å². The van der Waals surface area contributed by atoms with Crippen LogP contribution in [0.5, 0.6) is 0 Å². The van der Waals surface area contributed by atoms with E-state index in [9.17, 15) is 4.39 Å². The second-order valence-corrected chi connectivity index (χ2v) is 3.58. The molecular formula is C12H12FN3. The van der Waals surface area contributed by atoms with Crippen LogP contribution >= 0.6 is 0 Å². The monoisotopic (exact) mass is 217 g/mol. The molecule has 0 atom stereocenters. The number of hydrogen-bond donors (Lipinski definition) is 1. The van der Waals surface area contributed by atoms with Gasteiger partial charge in [-0.2, -0.15) is 5.10 Å². The minimum absolute atomic E-state index is 0.208. The molecule has 2 aromatic rings. The molecule has 0 fully saturated rings. The summed E-state index contributed by atoms with van der Waals surface area (Å²) in [6, 6.07) is 10.1. The molecule has 3 nitrogen and oxygen atoms in total. The van der Waals surface area contributed by atoms with Crippen LogP contribution in [0.25, 0.3) is 0 Å². The van der Waals surface area contributed by atoms with Crippen LogP contribution in [0.2, 0.25) is 0 Å². The summed E-state index contributed by atoms with van der Waals surface area (Å²) >= 11 is 0. The Morgan fingerprint density at radius 1 is 1.06 bits per heavy atom. The van der Waals surface area contributed by atoms with Gasteiger partial charge in [0, 0.05) is 0 Å². The van der Waals surface area contributed by atoms with Crippen molar-refractivity contribution in [3.8, 4) is 0 Å². The van der Waals surface area contributed by atoms with E-state index in [2.05, 4.69) is 10.2 Å². The molecule has 2 N–H and O–H groups in total. The summed E-state index contributed by atoms with van der Waals surface area (Å²) in [6.45, 7) is 0. The Morgan fingerprint density at radius 3 is 2.62 bits per heavy atom. The Balaban J connectivity index is 1.99. The average Bonchev–Trinajstić information content (AvgIpc) is 2.28. The first-order chi connectivity index (χ1) is 7.74. The van der Waals surface area contributed by atoms with Crippen LogP contribution < -0.4 is 5.73 Å². The normalized spacial score (nSPS) is 10.3. The molecule has 1 aromatic carbocycles. The molecular weight excluding hydrogens is 205 g/mol. The van der Waals surface area contributed by atoms with E-state index in [1.54, 1.807) is 12.1 Å². The lowest BCUT2D eigenvalue weighted by Gasteiger charge is -2.01. The maximum absolute atomic E-state index is 12.9. The molecule has 2 rings (SSSR count). The first kappa shape index (κ1) is 10.5. The Kier molecular flexibility index (Phi) is 3.10. The van der Waals surface area contributed by atoms with Crippen molar-refractivity contribution >= 4 is 5.82 Å². The highest BCUT2D eigenvalue weighted by Gasteiger charge is 1.99. The highest BCUT2D eigenvalue weighted by Crippen LogP contribution is 2.07. The number of aromatic nitrogens is 2. The van der Waals surface area contributed by atoms with E-state index < -0.39 is 0 Å². The highest BCUT2D eigenvalue weighted by molar-refractivity contribution is 5.26. The van der Waals surface area contributed by atoms with E-state index in [4.69, 9.17) is 5.73 Å². The Morgan fingerprint density at radius 2 is 1.94 bits per heavy atom. The SMILES string of the molecule is Nc1ccc(CCc2cccc(F)c2)nn1. The minimum atomic E-state index is -0.208. The van der Waals surface area contributed by atoms with E-state index >= 15 is 0 Å². The van der Waals surface area contributed by atoms with Crippen molar-refractivity contribution in [3.05, 3.63) is 53.5 Å². The third-order valence-electron chi connectivity index (χ3n) is 2.30. The zero-order valence-corrected chi connectivity index (χ0v) is 8.73. The lowest BCUT2D eigenvalue weighted by Crippen LogP contribution is -1.99. The van der Waals surface area contributed by atoms with Crippen LogP contribution in [0.1, 0.15) is 11.3 Å². The molecule has 0 saturated heterocycles. The number of rotatable bonds is 3. The number of halogens is 1. The quantitative estimate of drug-likeness (QED) is 0.855. The van der Waals surface area contributed by atoms with Gasteiger partial charge in [0.05, 0.1) is 5.69 Å². The smallest absolute Gasteiger partial charge is 0.146 e. The second kappa shape index (κ2) is 4.70. The lowest BCUT2D eigenvalue weighted by molar-refractivity contribution is 0.625. The first-order valence-electron chi connectivity index (χ1n) is 5.06. The van der Waals surface area contributed by atoms with Crippen molar-refractivity contribution in [2.45, 2.75) is 12.8 Å². The van der Waals surface area contributed by atoms with Gasteiger partial charge in [-0.3, -0.25) is 0 Å². The maximum atomic E-state index is 12.9. The fourth-order valence-electron chi connectivity index (χ4n) is 1.47. The van der Waals surface area contributed by atoms with Crippen molar-refractivity contribution in [1.29, 1.82) is 0 Å². The molecule has 0 aliphatic heterocycles. The van der Waals surface area contributed by atoms with E-state index in [1.165, 1.54) is 12.1 Å². The van der Waals surface area contributed by atoms with Crippen LogP contribution in [0.3, 0.4) is 0 Å². The van der Waals surface area contributed by atoms with Gasteiger partial charge in [-0.25, -0.2) is 4.39 Å². The molecule has 0 spiro atoms. The van der Waals surface area contributed by atoms with Crippen LogP contribution in [0, 0.1) is 5.82 Å². The molecule has 0 bridgehead atoms. The van der Waals surface area contributed by atoms with Crippen molar-refractivity contribution in [2.75, 3.05) is 5.73 Å². The predicted octanol–water partition coefficient (Wildman–Crippen LogP) is 1.98. The molecule has 0 aliphatic carbocycles. The number of nitrogen functional groups attached to an aromatic ring is 1. The minimum Gasteiger partial charge on any atom is -0.382 e. The number of nitrogens with zero attached hydrogens (tertiary/aromatic N) is 2. The maximum Gasteiger partial charge on any atom is 0.146 e. The summed E-state index contributed by atoms with van der Waals surface area (Å²) in [7, 11) is 0. The van der Waals surface area contributed by atoms with Crippen LogP contribution in [-0.4, -0.2) is 10.2 Å². The van der Waals surface area contributed by atoms with Crippen molar-refractivity contribution < 1.29 is 4.39 Å². The average molecular weight is 217 g/mol. The molecule has 1 heterocycles. The van der Waals surface area contributed by atoms with Crippen molar-refractivity contribution in [2.24, 2.45) is 0 Å². The summed E-state index contributed by atoms with van der Waals surface area (Å²) in [5.41, 5.74) is 7.25. The number of nitrogens with two attached hydrogens (primary N) is 1. The van der Waals surface area contributed by atoms with Gasteiger partial charge in [-0.1, -0.05) is 12.1 Å². The zero-order valence-electron chi connectivity index (χ0n) is 8.73. The fraction of sp³-hybridized carbons (Fsp3) is 0.167. The van der Waals surface area contributed by atoms with Crippen LogP contribution in [0.15, 0.2) is 36.4 Å². The van der Waals surface area contributed by atoms with E-state index in [-0.39, 0.29) is 5.82 Å². The highest BCUT2D eigenvalue weighted by atomic mass is 19.1. The summed E-state index contributed by atoms with van der Waals surface area (Å²) in [6.07, 6.45) is 1.48. The predicted molar refractivity (Wildman–Crippen MR) is 60.3 cm³/mol. The van der Waals surface area contributed by atoms with Gasteiger partial charge in [-0.05, 0) is 42.7 Å². The molecule has 82 valence electrons. The molecule has 0 radical (unpaired) electrons. The summed E-state index contributed by atoms with van der Waals surface area (Å²) < 4.78 is 12.9. The van der Waals surface area contributed by atoms with Gasteiger partial charge in [-0.15, -0.1) is 5.10 Å². The number of hydrogen-bond acceptors (Lipinski definition) is 3. The molecule has 4 heteroatoms. The first-order valence-corrected chi connectivity index (χ1v) is 5.06. The van der Waals surface area contributed by atoms with E-state index in [0.717, 1.165) is 24.1 Å². The largest absolute Gasteiger partial charge is 0.382 e. The number of anilines is 1. The topological polar surface area (TPSA) is 51.8 Å². The van der Waals surface area contributed by atoms with Gasteiger partial charge >= 0.3 is 0 Å². The second-order valence-electron chi connectivity index (χ2n) is 3.58. The Hall–Kier alpha value is -1.97. The molecule has 16 heavy (non-hydrogen) atoms. The standard InChI is InChI=1S/C12H12FN3/c13-10-3-1-2-9(8-10)4-5-11-6-7-12(14)16-15-11/h1-3,6-8H,4-5H2,(H2,14,16). The van der Waals surface area contributed by atoms with Crippen molar-refractivity contribution in [1.82, 2.24) is 10.2 Å². The van der Waals surface area contributed by atoms with Gasteiger partial charge in [0.1, 0.15) is 11.6 Å². The van der Waals surface area contributed by atoms with Gasteiger partial charge < -0.3 is 5.73 Å². The third kappa shape index (κ3) is 2.76. The lowest BCUT2D eigenvalue weighted by atomic mass is 10.1. The molecule has 0 aliphatic rings. The molecule has 0 saturated carbocycles. The van der Waals surface area contributed by atoms with Gasteiger partial charge in [0.2, 0.25) is 0 Å². The summed E-state index contributed by atoms with van der Waals surface area (Å²) in [4.78, 5) is 0. The zero-order chi connectivity index (χ0) is 11.4. The molecule has 0 unspecified atom stereocenters. The number of aryl methyl sites for hydroxylation is 2. The van der Waals surface area contributed by atoms with E-state index in [0.29, 0.717) is 5.82 Å². The van der Waals surface area contributed by atoms with E-state index in [1.807, 2.05) is 12.1 Å². The summed E-state index contributed by atoms with van der Waals surface area (Å²) in [5, 5.41) is 7.71. The van der Waals surface area contributed by atoms with Gasteiger partial charge in [0.25, 0.3) is 0 Å². The Bertz CT molecular complexity index is 468. The molecule has 1 aromatic heterocycles.